The summed E-state index contributed by atoms with van der Waals surface area (Å²) in [6.45, 7) is 4.28. The molecule has 1 saturated heterocycles. The Morgan fingerprint density at radius 2 is 1.55 bits per heavy atom. The third kappa shape index (κ3) is 7.63. The van der Waals surface area contributed by atoms with Gasteiger partial charge in [-0.3, -0.25) is 28.9 Å². The topological polar surface area (TPSA) is 147 Å². The Balaban J connectivity index is 1.77. The second-order valence-corrected chi connectivity index (χ2v) is 11.1. The molecule has 222 valence electrons. The molecule has 0 saturated carbocycles. The van der Waals surface area contributed by atoms with Gasteiger partial charge in [-0.1, -0.05) is 36.0 Å². The number of hydrogen-bond acceptors (Lipinski definition) is 13. The molecule has 0 bridgehead atoms. The van der Waals surface area contributed by atoms with Crippen LogP contribution in [0, 0.1) is 0 Å². The van der Waals surface area contributed by atoms with E-state index in [0.29, 0.717) is 5.69 Å². The maximum absolute atomic E-state index is 13.6. The number of hydrogen-bond donors (Lipinski definition) is 0. The molecule has 5 atom stereocenters. The van der Waals surface area contributed by atoms with E-state index in [4.69, 9.17) is 23.7 Å². The van der Waals surface area contributed by atoms with Gasteiger partial charge in [0.25, 0.3) is 5.91 Å². The lowest BCUT2D eigenvalue weighted by molar-refractivity contribution is -0.237. The maximum atomic E-state index is 13.6. The van der Waals surface area contributed by atoms with Crippen molar-refractivity contribution in [3.63, 3.8) is 0 Å². The first-order chi connectivity index (χ1) is 20.0. The van der Waals surface area contributed by atoms with E-state index < -0.39 is 59.6 Å². The van der Waals surface area contributed by atoms with Crippen molar-refractivity contribution in [2.45, 2.75) is 57.5 Å². The molecule has 2 aliphatic heterocycles. The average molecular weight is 617 g/mol. The molecule has 42 heavy (non-hydrogen) atoms. The van der Waals surface area contributed by atoms with Crippen LogP contribution in [-0.2, 0) is 47.7 Å². The van der Waals surface area contributed by atoms with E-state index >= 15 is 0 Å². The van der Waals surface area contributed by atoms with Crippen molar-refractivity contribution in [2.24, 2.45) is 4.99 Å². The van der Waals surface area contributed by atoms with Gasteiger partial charge in [0, 0.05) is 32.6 Å². The molecule has 0 N–H and O–H groups in total. The predicted molar refractivity (Wildman–Crippen MR) is 153 cm³/mol. The Labute approximate surface area is 249 Å². The highest BCUT2D eigenvalue weighted by Gasteiger charge is 2.53. The summed E-state index contributed by atoms with van der Waals surface area (Å²) in [5.74, 6) is -3.23. The minimum absolute atomic E-state index is 0.162. The number of nitrogens with zero attached hydrogens (tertiary/aromatic N) is 2. The fourth-order valence-electron chi connectivity index (χ4n) is 4.28. The van der Waals surface area contributed by atoms with Gasteiger partial charge < -0.3 is 23.7 Å². The molecular weight excluding hydrogens is 588 g/mol. The van der Waals surface area contributed by atoms with Gasteiger partial charge in [-0.2, -0.15) is 0 Å². The number of thioether (sulfide) groups is 1. The van der Waals surface area contributed by atoms with Crippen LogP contribution in [0.5, 0.6) is 0 Å². The SMILES string of the molecule is CC(=O)OC[C@@H]1O[C@@H](SC2=N/C(=C\c3cccs3)C(=O)N2c2ccccc2)[C@H](OC(C)=O)[C@@H](OC(C)=O)[C@H]1OC(C)=O. The van der Waals surface area contributed by atoms with Crippen LogP contribution >= 0.6 is 23.1 Å². The Bertz CT molecular complexity index is 1390. The molecule has 12 nitrogen and oxygen atoms in total. The van der Waals surface area contributed by atoms with E-state index in [1.54, 1.807) is 36.4 Å². The fourth-order valence-corrected chi connectivity index (χ4v) is 6.12. The van der Waals surface area contributed by atoms with Gasteiger partial charge in [-0.25, -0.2) is 4.99 Å². The van der Waals surface area contributed by atoms with Crippen molar-refractivity contribution in [3.05, 3.63) is 58.4 Å². The summed E-state index contributed by atoms with van der Waals surface area (Å²) in [5, 5.41) is 2.06. The highest BCUT2D eigenvalue weighted by Crippen LogP contribution is 2.38. The number of amidine groups is 1. The quantitative estimate of drug-likeness (QED) is 0.244. The standard InChI is InChI=1S/C28H28N2O10S2/c1-15(31)36-14-22-23(37-16(2)32)24(38-17(3)33)25(39-18(4)34)27(40-22)42-28-29-21(13-20-11-8-12-41-20)26(35)30(28)19-9-6-5-7-10-19/h5-13,22-25,27H,14H2,1-4H3/b21-13-/t22-,23-,24-,25+,27-/m0/s1. The number of aliphatic imine (C=N–C) groups is 1. The highest BCUT2D eigenvalue weighted by atomic mass is 32.2. The van der Waals surface area contributed by atoms with Crippen LogP contribution in [0.15, 0.2) is 58.5 Å². The smallest absolute Gasteiger partial charge is 0.303 e. The van der Waals surface area contributed by atoms with E-state index in [2.05, 4.69) is 4.99 Å². The van der Waals surface area contributed by atoms with Crippen LogP contribution in [0.4, 0.5) is 5.69 Å². The highest BCUT2D eigenvalue weighted by molar-refractivity contribution is 8.14. The fraction of sp³-hybridized carbons (Fsp3) is 0.357. The average Bonchev–Trinajstić information content (AvgIpc) is 3.54. The van der Waals surface area contributed by atoms with Crippen LogP contribution in [0.2, 0.25) is 0 Å². The normalized spacial score (nSPS) is 24.6. The van der Waals surface area contributed by atoms with E-state index in [1.807, 2.05) is 17.5 Å². The number of benzene rings is 1. The first kappa shape index (κ1) is 30.9. The predicted octanol–water partition coefficient (Wildman–Crippen LogP) is 3.31. The van der Waals surface area contributed by atoms with Crippen molar-refractivity contribution in [1.29, 1.82) is 0 Å². The minimum atomic E-state index is -1.34. The zero-order valence-corrected chi connectivity index (χ0v) is 24.7. The largest absolute Gasteiger partial charge is 0.463 e. The van der Waals surface area contributed by atoms with Gasteiger partial charge in [-0.15, -0.1) is 11.3 Å². The van der Waals surface area contributed by atoms with Gasteiger partial charge in [0.15, 0.2) is 28.9 Å². The molecule has 1 aromatic heterocycles. The van der Waals surface area contributed by atoms with Gasteiger partial charge in [-0.05, 0) is 29.7 Å². The van der Waals surface area contributed by atoms with Crippen molar-refractivity contribution >= 4 is 69.8 Å². The second-order valence-electron chi connectivity index (χ2n) is 9.10. The van der Waals surface area contributed by atoms with E-state index in [0.717, 1.165) is 37.4 Å². The number of ether oxygens (including phenoxy) is 5. The van der Waals surface area contributed by atoms with Crippen molar-refractivity contribution in [3.8, 4) is 0 Å². The molecule has 2 aliphatic rings. The maximum Gasteiger partial charge on any atom is 0.303 e. The van der Waals surface area contributed by atoms with Gasteiger partial charge >= 0.3 is 23.9 Å². The number of para-hydroxylation sites is 1. The summed E-state index contributed by atoms with van der Waals surface area (Å²) >= 11 is 2.37. The van der Waals surface area contributed by atoms with Gasteiger partial charge in [0.05, 0.1) is 5.69 Å². The first-order valence-electron chi connectivity index (χ1n) is 12.7. The van der Waals surface area contributed by atoms with E-state index in [-0.39, 0.29) is 17.5 Å². The molecule has 14 heteroatoms. The molecular formula is C28H28N2O10S2. The van der Waals surface area contributed by atoms with Gasteiger partial charge in [0.1, 0.15) is 18.4 Å². The molecule has 0 unspecified atom stereocenters. The number of anilines is 1. The number of rotatable bonds is 8. The third-order valence-corrected chi connectivity index (χ3v) is 7.75. The number of amides is 1. The third-order valence-electron chi connectivity index (χ3n) is 5.84. The lowest BCUT2D eigenvalue weighted by atomic mass is 9.99. The Kier molecular flexibility index (Phi) is 10.1. The molecule has 3 heterocycles. The first-order valence-corrected chi connectivity index (χ1v) is 14.5. The van der Waals surface area contributed by atoms with Gasteiger partial charge in [0.2, 0.25) is 0 Å². The molecule has 2 aromatic rings. The van der Waals surface area contributed by atoms with Crippen molar-refractivity contribution < 1.29 is 47.7 Å². The lowest BCUT2D eigenvalue weighted by Gasteiger charge is -2.44. The summed E-state index contributed by atoms with van der Waals surface area (Å²) in [6.07, 6.45) is -3.42. The molecule has 0 spiro atoms. The van der Waals surface area contributed by atoms with Crippen molar-refractivity contribution in [2.75, 3.05) is 11.5 Å². The number of carbonyl (C=O) groups is 5. The number of thiophene rings is 1. The van der Waals surface area contributed by atoms with Crippen LogP contribution in [-0.4, -0.2) is 71.4 Å². The lowest BCUT2D eigenvalue weighted by Crippen LogP contribution is -2.61. The number of esters is 4. The molecule has 4 rings (SSSR count). The summed E-state index contributed by atoms with van der Waals surface area (Å²) in [6, 6.07) is 12.5. The zero-order chi connectivity index (χ0) is 30.4. The molecule has 1 fully saturated rings. The van der Waals surface area contributed by atoms with Crippen molar-refractivity contribution in [1.82, 2.24) is 0 Å². The minimum Gasteiger partial charge on any atom is -0.463 e. The second kappa shape index (κ2) is 13.8. The Morgan fingerprint density at radius 1 is 0.905 bits per heavy atom. The summed E-state index contributed by atoms with van der Waals surface area (Å²) in [4.78, 5) is 68.4. The Morgan fingerprint density at radius 3 is 2.14 bits per heavy atom. The van der Waals surface area contributed by atoms with E-state index in [9.17, 15) is 24.0 Å². The monoisotopic (exact) mass is 616 g/mol. The number of carbonyl (C=O) groups excluding carboxylic acids is 5. The molecule has 1 amide bonds. The van der Waals surface area contributed by atoms with Crippen LogP contribution < -0.4 is 4.90 Å². The van der Waals surface area contributed by atoms with Crippen LogP contribution in [0.1, 0.15) is 32.6 Å². The zero-order valence-electron chi connectivity index (χ0n) is 23.1. The van der Waals surface area contributed by atoms with E-state index in [1.165, 1.54) is 23.2 Å². The summed E-state index contributed by atoms with van der Waals surface area (Å²) in [7, 11) is 0. The summed E-state index contributed by atoms with van der Waals surface area (Å²) in [5.41, 5.74) is -0.465. The van der Waals surface area contributed by atoms with Crippen LogP contribution in [0.3, 0.4) is 0 Å². The van der Waals surface area contributed by atoms with Crippen LogP contribution in [0.25, 0.3) is 6.08 Å². The molecule has 1 aromatic carbocycles. The Hall–Kier alpha value is -4.01. The molecule has 0 radical (unpaired) electrons. The molecule has 0 aliphatic carbocycles. The summed E-state index contributed by atoms with van der Waals surface area (Å²) < 4.78 is 27.9.